The Bertz CT molecular complexity index is 884. The van der Waals surface area contributed by atoms with Crippen LogP contribution >= 0.6 is 15.9 Å². The van der Waals surface area contributed by atoms with E-state index in [1.165, 1.54) is 32.4 Å². The Kier molecular flexibility index (Phi) is 6.21. The summed E-state index contributed by atoms with van der Waals surface area (Å²) in [6.45, 7) is 1.85. The molecule has 0 saturated heterocycles. The lowest BCUT2D eigenvalue weighted by Crippen LogP contribution is -2.27. The Balaban J connectivity index is 2.31. The van der Waals surface area contributed by atoms with E-state index in [1.54, 1.807) is 0 Å². The van der Waals surface area contributed by atoms with Gasteiger partial charge in [-0.15, -0.1) is 0 Å². The molecule has 0 aliphatic heterocycles. The molecule has 0 radical (unpaired) electrons. The molecule has 134 valence electrons. The van der Waals surface area contributed by atoms with Crippen LogP contribution in [-0.4, -0.2) is 28.5 Å². The average Bonchev–Trinajstić information content (AvgIpc) is 2.61. The second-order valence-electron chi connectivity index (χ2n) is 5.29. The molecule has 2 aromatic carbocycles. The lowest BCUT2D eigenvalue weighted by Gasteiger charge is -2.17. The van der Waals surface area contributed by atoms with Gasteiger partial charge >= 0.3 is 0 Å². The van der Waals surface area contributed by atoms with Crippen molar-refractivity contribution >= 4 is 31.9 Å². The van der Waals surface area contributed by atoms with E-state index in [1.807, 2.05) is 31.2 Å². The van der Waals surface area contributed by atoms with Crippen molar-refractivity contribution < 1.29 is 17.9 Å². The van der Waals surface area contributed by atoms with Crippen LogP contribution in [0.1, 0.15) is 28.9 Å². The lowest BCUT2D eigenvalue weighted by molar-refractivity contribution is 0.0939. The fraction of sp³-hybridized carbons (Fsp3) is 0.235. The third-order valence-electron chi connectivity index (χ3n) is 3.70. The molecule has 1 amide bonds. The number of methoxy groups -OCH3 is 1. The zero-order chi connectivity index (χ0) is 18.6. The quantitative estimate of drug-likeness (QED) is 0.743. The maximum absolute atomic E-state index is 12.5. The number of nitrogens with one attached hydrogen (secondary N) is 2. The number of carbonyl (C=O) groups excluding carboxylic acids is 1. The molecule has 0 heterocycles. The van der Waals surface area contributed by atoms with E-state index in [9.17, 15) is 13.2 Å². The molecule has 2 aromatic rings. The maximum Gasteiger partial charge on any atom is 0.251 e. The predicted octanol–water partition coefficient (Wildman–Crippen LogP) is 2.86. The first kappa shape index (κ1) is 19.4. The van der Waals surface area contributed by atoms with Crippen LogP contribution in [-0.2, 0) is 10.0 Å². The van der Waals surface area contributed by atoms with Gasteiger partial charge in [-0.25, -0.2) is 13.1 Å². The van der Waals surface area contributed by atoms with Gasteiger partial charge in [0, 0.05) is 10.0 Å². The van der Waals surface area contributed by atoms with Crippen LogP contribution in [0.15, 0.2) is 51.8 Å². The number of carbonyl (C=O) groups is 1. The van der Waals surface area contributed by atoms with Crippen molar-refractivity contribution in [3.05, 3.63) is 58.1 Å². The highest BCUT2D eigenvalue weighted by atomic mass is 79.9. The summed E-state index contributed by atoms with van der Waals surface area (Å²) < 4.78 is 32.4. The van der Waals surface area contributed by atoms with Crippen LogP contribution in [0.2, 0.25) is 0 Å². The number of sulfonamides is 1. The molecule has 0 spiro atoms. The van der Waals surface area contributed by atoms with E-state index in [-0.39, 0.29) is 28.2 Å². The minimum Gasteiger partial charge on any atom is -0.495 e. The van der Waals surface area contributed by atoms with Gasteiger partial charge in [0.05, 0.1) is 13.2 Å². The zero-order valence-corrected chi connectivity index (χ0v) is 16.4. The molecular formula is C17H19BrN2O4S. The summed E-state index contributed by atoms with van der Waals surface area (Å²) in [5.41, 5.74) is 1.15. The third kappa shape index (κ3) is 4.39. The second-order valence-corrected chi connectivity index (χ2v) is 8.00. The largest absolute Gasteiger partial charge is 0.495 e. The van der Waals surface area contributed by atoms with Gasteiger partial charge in [0.2, 0.25) is 10.0 Å². The first-order chi connectivity index (χ1) is 11.8. The highest BCUT2D eigenvalue weighted by Gasteiger charge is 2.21. The fourth-order valence-corrected chi connectivity index (χ4v) is 3.87. The molecular weight excluding hydrogens is 408 g/mol. The SMILES string of the molecule is CNS(=O)(=O)c1cc(C(=O)NC(C)c2ccccc2Br)ccc1OC. The van der Waals surface area contributed by atoms with Gasteiger partial charge in [0.1, 0.15) is 10.6 Å². The van der Waals surface area contributed by atoms with Crippen LogP contribution in [0.3, 0.4) is 0 Å². The van der Waals surface area contributed by atoms with Crippen molar-refractivity contribution in [2.24, 2.45) is 0 Å². The molecule has 6 nitrogen and oxygen atoms in total. The molecule has 0 saturated carbocycles. The van der Waals surface area contributed by atoms with E-state index >= 15 is 0 Å². The number of rotatable bonds is 6. The van der Waals surface area contributed by atoms with Crippen molar-refractivity contribution in [1.82, 2.24) is 10.0 Å². The summed E-state index contributed by atoms with van der Waals surface area (Å²) in [7, 11) is -1.07. The van der Waals surface area contributed by atoms with E-state index < -0.39 is 10.0 Å². The van der Waals surface area contributed by atoms with Gasteiger partial charge in [-0.3, -0.25) is 4.79 Å². The number of amides is 1. The first-order valence-electron chi connectivity index (χ1n) is 7.47. The molecule has 25 heavy (non-hydrogen) atoms. The van der Waals surface area contributed by atoms with Crippen molar-refractivity contribution in [3.63, 3.8) is 0 Å². The normalized spacial score (nSPS) is 12.5. The Hall–Kier alpha value is -1.90. The average molecular weight is 427 g/mol. The summed E-state index contributed by atoms with van der Waals surface area (Å²) in [6, 6.07) is 11.6. The lowest BCUT2D eigenvalue weighted by atomic mass is 10.1. The van der Waals surface area contributed by atoms with Crippen LogP contribution in [0, 0.1) is 0 Å². The van der Waals surface area contributed by atoms with Crippen LogP contribution in [0.5, 0.6) is 5.75 Å². The second kappa shape index (κ2) is 7.99. The highest BCUT2D eigenvalue weighted by molar-refractivity contribution is 9.10. The Morgan fingerprint density at radius 2 is 1.88 bits per heavy atom. The molecule has 0 aliphatic rings. The maximum atomic E-state index is 12.5. The van der Waals surface area contributed by atoms with Gasteiger partial charge in [-0.05, 0) is 43.8 Å². The molecule has 0 fully saturated rings. The molecule has 0 aliphatic carbocycles. The molecule has 1 atom stereocenters. The Morgan fingerprint density at radius 3 is 2.48 bits per heavy atom. The first-order valence-corrected chi connectivity index (χ1v) is 9.74. The number of hydrogen-bond donors (Lipinski definition) is 2. The van der Waals surface area contributed by atoms with Crippen LogP contribution in [0.25, 0.3) is 0 Å². The summed E-state index contributed by atoms with van der Waals surface area (Å²) in [6.07, 6.45) is 0. The van der Waals surface area contributed by atoms with Crippen molar-refractivity contribution in [3.8, 4) is 5.75 Å². The van der Waals surface area contributed by atoms with Crippen LogP contribution in [0.4, 0.5) is 0 Å². The van der Waals surface area contributed by atoms with Gasteiger partial charge in [0.25, 0.3) is 5.91 Å². The Morgan fingerprint density at radius 1 is 1.20 bits per heavy atom. The molecule has 2 rings (SSSR count). The Labute approximate surface area is 155 Å². The summed E-state index contributed by atoms with van der Waals surface area (Å²) in [4.78, 5) is 12.4. The molecule has 2 N–H and O–H groups in total. The van der Waals surface area contributed by atoms with Crippen molar-refractivity contribution in [1.29, 1.82) is 0 Å². The molecule has 0 bridgehead atoms. The zero-order valence-electron chi connectivity index (χ0n) is 14.0. The fourth-order valence-electron chi connectivity index (χ4n) is 2.32. The molecule has 1 unspecified atom stereocenters. The van der Waals surface area contributed by atoms with E-state index in [2.05, 4.69) is 26.0 Å². The smallest absolute Gasteiger partial charge is 0.251 e. The van der Waals surface area contributed by atoms with Gasteiger partial charge in [0.15, 0.2) is 0 Å². The minimum absolute atomic E-state index is 0.0845. The topological polar surface area (TPSA) is 84.5 Å². The number of ether oxygens (including phenoxy) is 1. The van der Waals surface area contributed by atoms with Gasteiger partial charge in [-0.2, -0.15) is 0 Å². The highest BCUT2D eigenvalue weighted by Crippen LogP contribution is 2.26. The predicted molar refractivity (Wildman–Crippen MR) is 99.3 cm³/mol. The number of halogens is 1. The summed E-state index contributed by atoms with van der Waals surface area (Å²) >= 11 is 3.45. The monoisotopic (exact) mass is 426 g/mol. The molecule has 0 aromatic heterocycles. The van der Waals surface area contributed by atoms with Gasteiger partial charge < -0.3 is 10.1 Å². The van der Waals surface area contributed by atoms with Crippen molar-refractivity contribution in [2.45, 2.75) is 17.9 Å². The number of hydrogen-bond acceptors (Lipinski definition) is 4. The standard InChI is InChI=1S/C17H19BrN2O4S/c1-11(13-6-4-5-7-14(13)18)20-17(21)12-8-9-15(24-3)16(10-12)25(22,23)19-2/h4-11,19H,1-3H3,(H,20,21). The van der Waals surface area contributed by atoms with E-state index in [4.69, 9.17) is 4.74 Å². The van der Waals surface area contributed by atoms with Crippen molar-refractivity contribution in [2.75, 3.05) is 14.2 Å². The summed E-state index contributed by atoms with van der Waals surface area (Å²) in [5, 5.41) is 2.86. The van der Waals surface area contributed by atoms with Gasteiger partial charge in [-0.1, -0.05) is 34.1 Å². The number of benzene rings is 2. The van der Waals surface area contributed by atoms with Crippen LogP contribution < -0.4 is 14.8 Å². The van der Waals surface area contributed by atoms with E-state index in [0.29, 0.717) is 0 Å². The third-order valence-corrected chi connectivity index (χ3v) is 5.86. The minimum atomic E-state index is -3.75. The molecule has 8 heteroatoms. The summed E-state index contributed by atoms with van der Waals surface area (Å²) in [5.74, 6) is -0.205. The van der Waals surface area contributed by atoms with E-state index in [0.717, 1.165) is 10.0 Å².